The van der Waals surface area contributed by atoms with Crippen LogP contribution in [0.15, 0.2) is 0 Å². The van der Waals surface area contributed by atoms with Crippen LogP contribution in [0, 0.1) is 5.75 Å². The van der Waals surface area contributed by atoms with E-state index in [1.165, 1.54) is 24.9 Å². The van der Waals surface area contributed by atoms with Gasteiger partial charge < -0.3 is 4.18 Å². The molecule has 1 heterocycles. The first-order valence-electron chi connectivity index (χ1n) is 2.21. The van der Waals surface area contributed by atoms with Gasteiger partial charge in [0.2, 0.25) is 0 Å². The third-order valence-corrected chi connectivity index (χ3v) is 1.36. The molecule has 0 spiro atoms. The van der Waals surface area contributed by atoms with Gasteiger partial charge in [-0.25, -0.2) is 5.75 Å². The Morgan fingerprint density at radius 3 is 2.50 bits per heavy atom. The molecule has 1 rings (SSSR count). The van der Waals surface area contributed by atoms with Gasteiger partial charge in [-0.2, -0.15) is 18.5 Å². The predicted octanol–water partition coefficient (Wildman–Crippen LogP) is 2.29. The molecule has 54 valence electrons. The zero-order chi connectivity index (χ0) is 6.24. The van der Waals surface area contributed by atoms with Gasteiger partial charge in [0.05, 0.1) is 6.61 Å². The predicted molar refractivity (Wildman–Crippen MR) is 32.9 cm³/mol. The van der Waals surface area contributed by atoms with Crippen LogP contribution >= 0.6 is 21.2 Å². The van der Waals surface area contributed by atoms with Crippen LogP contribution in [-0.4, -0.2) is 6.61 Å². The number of hydrogen-bond acceptors (Lipinski definition) is 2. The number of rotatable bonds is 0. The normalized spacial score (nSPS) is 18.9. The van der Waals surface area contributed by atoms with Crippen LogP contribution in [-0.2, 0) is 24.2 Å². The van der Waals surface area contributed by atoms with Crippen molar-refractivity contribution in [3.8, 4) is 0 Å². The molecule has 0 amide bonds. The van der Waals surface area contributed by atoms with Crippen LogP contribution in [0.3, 0.4) is 0 Å². The molecular formula is C4H7AuClOS-. The second-order valence-electron chi connectivity index (χ2n) is 1.23. The molecule has 8 heavy (non-hydrogen) atoms. The molecule has 1 aliphatic rings. The van der Waals surface area contributed by atoms with Gasteiger partial charge in [-0.1, -0.05) is 6.42 Å². The van der Waals surface area contributed by atoms with Gasteiger partial charge in [0.15, 0.2) is 0 Å². The van der Waals surface area contributed by atoms with Crippen LogP contribution in [0.5, 0.6) is 0 Å². The molecular weight excluding hydrogens is 329 g/mol. The maximum absolute atomic E-state index is 4.93. The Balaban J connectivity index is 0.000000222. The Morgan fingerprint density at radius 2 is 2.38 bits per heavy atom. The van der Waals surface area contributed by atoms with Crippen LogP contribution in [0.4, 0.5) is 0 Å². The number of halogens is 1. The third-order valence-electron chi connectivity index (χ3n) is 0.686. The third kappa shape index (κ3) is 5.48. The van der Waals surface area contributed by atoms with E-state index < -0.39 is 0 Å². The van der Waals surface area contributed by atoms with Crippen LogP contribution in [0.2, 0.25) is 0 Å². The summed E-state index contributed by atoms with van der Waals surface area (Å²) in [5.74, 6) is 2.09. The maximum atomic E-state index is 4.93. The van der Waals surface area contributed by atoms with Gasteiger partial charge in [0.1, 0.15) is 0 Å². The fourth-order valence-corrected chi connectivity index (χ4v) is 0.943. The fourth-order valence-electron chi connectivity index (χ4n) is 0.370. The summed E-state index contributed by atoms with van der Waals surface area (Å²) in [5, 5.41) is 0. The molecule has 1 nitrogen and oxygen atoms in total. The monoisotopic (exact) mass is 335 g/mol. The minimum absolute atomic E-state index is 0.932. The van der Waals surface area contributed by atoms with E-state index in [1.807, 2.05) is 0 Å². The summed E-state index contributed by atoms with van der Waals surface area (Å²) in [5.41, 5.74) is 0. The van der Waals surface area contributed by atoms with Crippen molar-refractivity contribution in [1.29, 1.82) is 0 Å². The molecule has 1 saturated heterocycles. The van der Waals surface area contributed by atoms with Gasteiger partial charge in [-0.05, 0) is 0 Å². The van der Waals surface area contributed by atoms with E-state index in [-0.39, 0.29) is 0 Å². The van der Waals surface area contributed by atoms with Crippen LogP contribution < -0.4 is 0 Å². The first-order valence-corrected chi connectivity index (χ1v) is 5.70. The Morgan fingerprint density at radius 1 is 1.62 bits per heavy atom. The zero-order valence-electron chi connectivity index (χ0n) is 4.19. The molecule has 0 unspecified atom stereocenters. The standard InChI is InChI=1S/C4H7OS.Au.ClH/c1-2-4-6-5-3-1;;/h4H,1-3H2;;1H/q-1;+1;/p-1. The Kier molecular flexibility index (Phi) is 9.74. The molecule has 0 aromatic rings. The summed E-state index contributed by atoms with van der Waals surface area (Å²) in [6.45, 7) is 0.932. The average Bonchev–Trinajstić information content (AvgIpc) is 1.96. The van der Waals surface area contributed by atoms with Crippen molar-refractivity contribution >= 4 is 21.2 Å². The van der Waals surface area contributed by atoms with E-state index in [0.29, 0.717) is 0 Å². The Hall–Kier alpha value is 1.34. The van der Waals surface area contributed by atoms with Gasteiger partial charge >= 0.3 is 29.2 Å². The summed E-state index contributed by atoms with van der Waals surface area (Å²) in [6, 6.07) is 0. The van der Waals surface area contributed by atoms with Crippen molar-refractivity contribution in [2.45, 2.75) is 12.8 Å². The van der Waals surface area contributed by atoms with E-state index in [4.69, 9.17) is 4.18 Å². The summed E-state index contributed by atoms with van der Waals surface area (Å²) >= 11 is 3.22. The molecule has 0 saturated carbocycles. The van der Waals surface area contributed by atoms with Crippen molar-refractivity contribution in [2.75, 3.05) is 6.61 Å². The molecule has 0 aliphatic carbocycles. The Labute approximate surface area is 70.4 Å². The summed E-state index contributed by atoms with van der Waals surface area (Å²) in [4.78, 5) is 0. The van der Waals surface area contributed by atoms with Gasteiger partial charge in [0.25, 0.3) is 0 Å². The van der Waals surface area contributed by atoms with Crippen molar-refractivity contribution in [3.63, 3.8) is 0 Å². The summed E-state index contributed by atoms with van der Waals surface area (Å²) in [6.07, 6.45) is 2.41. The van der Waals surface area contributed by atoms with Crippen LogP contribution in [0.1, 0.15) is 12.8 Å². The molecule has 4 heteroatoms. The molecule has 0 bridgehead atoms. The molecule has 0 aromatic carbocycles. The van der Waals surface area contributed by atoms with E-state index in [0.717, 1.165) is 6.61 Å². The quantitative estimate of drug-likeness (QED) is 0.382. The zero-order valence-corrected chi connectivity index (χ0v) is 7.93. The molecule has 0 radical (unpaired) electrons. The van der Waals surface area contributed by atoms with Gasteiger partial charge in [-0.3, -0.25) is 0 Å². The second kappa shape index (κ2) is 8.34. The SMILES string of the molecule is [CH-]1CCCOS1.[Cl][Au]. The molecule has 0 atom stereocenters. The minimum atomic E-state index is 0.932. The van der Waals surface area contributed by atoms with E-state index in [1.54, 1.807) is 20.0 Å². The van der Waals surface area contributed by atoms with Crippen LogP contribution in [0.25, 0.3) is 0 Å². The van der Waals surface area contributed by atoms with Gasteiger partial charge in [0, 0.05) is 0 Å². The fraction of sp³-hybridized carbons (Fsp3) is 0.750. The first-order chi connectivity index (χ1) is 4.00. The van der Waals surface area contributed by atoms with Crippen molar-refractivity contribution < 1.29 is 24.2 Å². The topological polar surface area (TPSA) is 9.23 Å². The summed E-state index contributed by atoms with van der Waals surface area (Å²) in [7, 11) is 4.58. The molecule has 1 aliphatic heterocycles. The average molecular weight is 336 g/mol. The second-order valence-corrected chi connectivity index (χ2v) is 1.99. The molecule has 0 N–H and O–H groups in total. The summed E-state index contributed by atoms with van der Waals surface area (Å²) < 4.78 is 4.93. The number of hydrogen-bond donors (Lipinski definition) is 0. The molecule has 0 aromatic heterocycles. The van der Waals surface area contributed by atoms with E-state index >= 15 is 0 Å². The van der Waals surface area contributed by atoms with Crippen molar-refractivity contribution in [2.24, 2.45) is 0 Å². The van der Waals surface area contributed by atoms with E-state index in [9.17, 15) is 0 Å². The Bertz CT molecular complexity index is 31.5. The van der Waals surface area contributed by atoms with Crippen molar-refractivity contribution in [1.82, 2.24) is 0 Å². The van der Waals surface area contributed by atoms with Gasteiger partial charge in [-0.15, -0.1) is 0 Å². The first kappa shape index (κ1) is 9.34. The van der Waals surface area contributed by atoms with E-state index in [2.05, 4.69) is 14.9 Å². The molecule has 1 fully saturated rings. The van der Waals surface area contributed by atoms with Crippen molar-refractivity contribution in [3.05, 3.63) is 5.75 Å².